The molecule has 4 rings (SSSR count). The van der Waals surface area contributed by atoms with Crippen LogP contribution in [-0.4, -0.2) is 48.3 Å². The molecule has 0 bridgehead atoms. The third-order valence-electron chi connectivity index (χ3n) is 5.80. The highest BCUT2D eigenvalue weighted by atomic mass is 16.5. The first-order valence-electron chi connectivity index (χ1n) is 11.3. The Bertz CT molecular complexity index is 1220. The number of benzene rings is 3. The number of aromatic nitrogens is 2. The molecule has 1 amide bonds. The van der Waals surface area contributed by atoms with Crippen LogP contribution in [0.2, 0.25) is 0 Å². The summed E-state index contributed by atoms with van der Waals surface area (Å²) in [6.45, 7) is 1.06. The van der Waals surface area contributed by atoms with Crippen LogP contribution in [0.3, 0.4) is 0 Å². The molecule has 174 valence electrons. The first-order chi connectivity index (χ1) is 16.5. The minimum Gasteiger partial charge on any atom is -0.497 e. The van der Waals surface area contributed by atoms with Crippen LogP contribution in [0.1, 0.15) is 27.5 Å². The van der Waals surface area contributed by atoms with E-state index in [0.717, 1.165) is 22.4 Å². The van der Waals surface area contributed by atoms with Crippen molar-refractivity contribution in [3.8, 4) is 17.0 Å². The lowest BCUT2D eigenvalue weighted by atomic mass is 10.1. The lowest BCUT2D eigenvalue weighted by molar-refractivity contribution is 0.0942. The highest BCUT2D eigenvalue weighted by Gasteiger charge is 2.21. The number of ether oxygens (including phenoxy) is 1. The molecule has 6 nitrogen and oxygen atoms in total. The maximum Gasteiger partial charge on any atom is 0.255 e. The summed E-state index contributed by atoms with van der Waals surface area (Å²) in [7, 11) is 5.67. The second kappa shape index (κ2) is 10.8. The number of carbonyl (C=O) groups excluding carboxylic acids is 1. The van der Waals surface area contributed by atoms with Crippen molar-refractivity contribution < 1.29 is 9.53 Å². The predicted molar refractivity (Wildman–Crippen MR) is 135 cm³/mol. The zero-order chi connectivity index (χ0) is 23.9. The van der Waals surface area contributed by atoms with E-state index in [1.54, 1.807) is 7.11 Å². The minimum atomic E-state index is -0.153. The average Bonchev–Trinajstić information content (AvgIpc) is 3.29. The van der Waals surface area contributed by atoms with E-state index in [4.69, 9.17) is 9.84 Å². The predicted octanol–water partition coefficient (Wildman–Crippen LogP) is 4.64. The normalized spacial score (nSPS) is 11.9. The van der Waals surface area contributed by atoms with E-state index < -0.39 is 0 Å². The van der Waals surface area contributed by atoms with Crippen LogP contribution in [0.15, 0.2) is 91.1 Å². The number of rotatable bonds is 9. The minimum absolute atomic E-state index is 0.0600. The molecule has 0 radical (unpaired) electrons. The standard InChI is InChI=1S/C28H30N4O2/c1-31(2)26(22-13-8-5-9-14-22)18-29-28(33)25-20-32(19-21-11-6-4-7-12-21)30-27(25)23-15-10-16-24(17-23)34-3/h4-17,20,26H,18-19H2,1-3H3,(H,29,33). The molecule has 0 aliphatic heterocycles. The van der Waals surface area contributed by atoms with E-state index >= 15 is 0 Å². The number of carbonyl (C=O) groups is 1. The largest absolute Gasteiger partial charge is 0.497 e. The SMILES string of the molecule is COc1cccc(-c2nn(Cc3ccccc3)cc2C(=O)NCC(c2ccccc2)N(C)C)c1. The zero-order valence-electron chi connectivity index (χ0n) is 19.8. The third kappa shape index (κ3) is 5.53. The molecule has 0 aliphatic rings. The molecule has 0 saturated heterocycles. The Morgan fingerprint density at radius 2 is 1.71 bits per heavy atom. The fourth-order valence-corrected chi connectivity index (χ4v) is 3.98. The summed E-state index contributed by atoms with van der Waals surface area (Å²) >= 11 is 0. The van der Waals surface area contributed by atoms with Gasteiger partial charge < -0.3 is 15.0 Å². The van der Waals surface area contributed by atoms with Gasteiger partial charge in [0.15, 0.2) is 0 Å². The van der Waals surface area contributed by atoms with Crippen molar-refractivity contribution in [2.45, 2.75) is 12.6 Å². The summed E-state index contributed by atoms with van der Waals surface area (Å²) in [5, 5.41) is 7.91. The lowest BCUT2D eigenvalue weighted by Gasteiger charge is -2.25. The maximum absolute atomic E-state index is 13.4. The maximum atomic E-state index is 13.4. The van der Waals surface area contributed by atoms with Gasteiger partial charge in [0.05, 0.1) is 25.3 Å². The molecule has 1 heterocycles. The van der Waals surface area contributed by atoms with Gasteiger partial charge >= 0.3 is 0 Å². The summed E-state index contributed by atoms with van der Waals surface area (Å²) < 4.78 is 7.21. The van der Waals surface area contributed by atoms with Gasteiger partial charge in [-0.1, -0.05) is 72.8 Å². The van der Waals surface area contributed by atoms with Crippen LogP contribution in [0.25, 0.3) is 11.3 Å². The molecule has 0 fully saturated rings. The van der Waals surface area contributed by atoms with Gasteiger partial charge in [-0.3, -0.25) is 9.48 Å². The van der Waals surface area contributed by atoms with Crippen LogP contribution >= 0.6 is 0 Å². The molecule has 34 heavy (non-hydrogen) atoms. The van der Waals surface area contributed by atoms with Gasteiger partial charge in [-0.05, 0) is 37.4 Å². The molecule has 3 aromatic carbocycles. The van der Waals surface area contributed by atoms with Crippen molar-refractivity contribution in [3.63, 3.8) is 0 Å². The number of likely N-dealkylation sites (N-methyl/N-ethyl adjacent to an activating group) is 1. The monoisotopic (exact) mass is 454 g/mol. The molecule has 1 unspecified atom stereocenters. The van der Waals surface area contributed by atoms with Crippen LogP contribution < -0.4 is 10.1 Å². The van der Waals surface area contributed by atoms with E-state index in [1.165, 1.54) is 0 Å². The topological polar surface area (TPSA) is 59.4 Å². The van der Waals surface area contributed by atoms with Gasteiger partial charge in [0.2, 0.25) is 0 Å². The Kier molecular flexibility index (Phi) is 7.40. The van der Waals surface area contributed by atoms with Crippen molar-refractivity contribution in [3.05, 3.63) is 108 Å². The number of nitrogens with zero attached hydrogens (tertiary/aromatic N) is 3. The number of methoxy groups -OCH3 is 1. The van der Waals surface area contributed by atoms with Crippen LogP contribution in [0.4, 0.5) is 0 Å². The van der Waals surface area contributed by atoms with Gasteiger partial charge in [0.25, 0.3) is 5.91 Å². The fourth-order valence-electron chi connectivity index (χ4n) is 3.98. The highest BCUT2D eigenvalue weighted by molar-refractivity contribution is 5.99. The summed E-state index contributed by atoms with van der Waals surface area (Å²) in [6.07, 6.45) is 1.82. The fraction of sp³-hybridized carbons (Fsp3) is 0.214. The molecular weight excluding hydrogens is 424 g/mol. The first-order valence-corrected chi connectivity index (χ1v) is 11.3. The van der Waals surface area contributed by atoms with E-state index in [2.05, 4.69) is 22.3 Å². The van der Waals surface area contributed by atoms with Crippen LogP contribution in [0, 0.1) is 0 Å². The van der Waals surface area contributed by atoms with Gasteiger partial charge in [-0.25, -0.2) is 0 Å². The molecule has 0 spiro atoms. The van der Waals surface area contributed by atoms with E-state index in [-0.39, 0.29) is 11.9 Å². The Balaban J connectivity index is 1.62. The van der Waals surface area contributed by atoms with E-state index in [9.17, 15) is 4.79 Å². The molecule has 1 aromatic heterocycles. The second-order valence-corrected chi connectivity index (χ2v) is 8.41. The lowest BCUT2D eigenvalue weighted by Crippen LogP contribution is -2.34. The Labute approximate surface area is 200 Å². The van der Waals surface area contributed by atoms with Crippen molar-refractivity contribution in [1.82, 2.24) is 20.0 Å². The third-order valence-corrected chi connectivity index (χ3v) is 5.80. The van der Waals surface area contributed by atoms with Crippen LogP contribution in [0.5, 0.6) is 5.75 Å². The molecular formula is C28H30N4O2. The quantitative estimate of drug-likeness (QED) is 0.400. The van der Waals surface area contributed by atoms with Gasteiger partial charge in [0.1, 0.15) is 11.4 Å². The number of nitrogens with one attached hydrogen (secondary N) is 1. The summed E-state index contributed by atoms with van der Waals surface area (Å²) in [5.41, 5.74) is 4.28. The average molecular weight is 455 g/mol. The van der Waals surface area contributed by atoms with Crippen molar-refractivity contribution >= 4 is 5.91 Å². The van der Waals surface area contributed by atoms with Crippen molar-refractivity contribution in [2.75, 3.05) is 27.7 Å². The summed E-state index contributed by atoms with van der Waals surface area (Å²) in [6, 6.07) is 28.0. The van der Waals surface area contributed by atoms with E-state index in [0.29, 0.717) is 24.3 Å². The van der Waals surface area contributed by atoms with Gasteiger partial charge in [-0.15, -0.1) is 0 Å². The van der Waals surface area contributed by atoms with Gasteiger partial charge in [-0.2, -0.15) is 5.10 Å². The Hall–Kier alpha value is -3.90. The molecule has 1 N–H and O–H groups in total. The molecule has 6 heteroatoms. The summed E-state index contributed by atoms with van der Waals surface area (Å²) in [4.78, 5) is 15.5. The highest BCUT2D eigenvalue weighted by Crippen LogP contribution is 2.26. The Morgan fingerprint density at radius 3 is 2.38 bits per heavy atom. The number of hydrogen-bond acceptors (Lipinski definition) is 4. The van der Waals surface area contributed by atoms with Gasteiger partial charge in [0, 0.05) is 18.3 Å². The molecule has 1 atom stereocenters. The van der Waals surface area contributed by atoms with Crippen molar-refractivity contribution in [2.24, 2.45) is 0 Å². The van der Waals surface area contributed by atoms with Crippen molar-refractivity contribution in [1.29, 1.82) is 0 Å². The second-order valence-electron chi connectivity index (χ2n) is 8.41. The number of hydrogen-bond donors (Lipinski definition) is 1. The molecule has 0 saturated carbocycles. The first kappa shape index (κ1) is 23.3. The molecule has 4 aromatic rings. The number of amides is 1. The summed E-state index contributed by atoms with van der Waals surface area (Å²) in [5.74, 6) is 0.568. The van der Waals surface area contributed by atoms with Crippen LogP contribution in [-0.2, 0) is 6.54 Å². The smallest absolute Gasteiger partial charge is 0.255 e. The Morgan fingerprint density at radius 1 is 1.00 bits per heavy atom. The zero-order valence-corrected chi connectivity index (χ0v) is 19.8. The van der Waals surface area contributed by atoms with E-state index in [1.807, 2.05) is 97.8 Å². The molecule has 0 aliphatic carbocycles.